The number of hydrogen-bond donors (Lipinski definition) is 1. The molecule has 0 aliphatic rings. The van der Waals surface area contributed by atoms with Crippen LogP contribution in [0.15, 0.2) is 35.2 Å². The highest BCUT2D eigenvalue weighted by Crippen LogP contribution is 2.22. The van der Waals surface area contributed by atoms with E-state index >= 15 is 0 Å². The van der Waals surface area contributed by atoms with E-state index in [9.17, 15) is 5.11 Å². The van der Waals surface area contributed by atoms with Crippen LogP contribution in [0.4, 0.5) is 0 Å². The Morgan fingerprint density at radius 1 is 1.29 bits per heavy atom. The van der Waals surface area contributed by atoms with Crippen molar-refractivity contribution in [2.45, 2.75) is 32.3 Å². The van der Waals surface area contributed by atoms with E-state index in [2.05, 4.69) is 24.0 Å². The monoisotopic (exact) mass is 247 g/mol. The molecular weight excluding hydrogens is 230 g/mol. The van der Waals surface area contributed by atoms with Crippen LogP contribution in [0.3, 0.4) is 0 Å². The molecule has 2 aromatic rings. The van der Waals surface area contributed by atoms with Gasteiger partial charge in [-0.05, 0) is 24.0 Å². The first-order valence-corrected chi connectivity index (χ1v) is 6.90. The van der Waals surface area contributed by atoms with Crippen LogP contribution in [0.5, 0.6) is 0 Å². The lowest BCUT2D eigenvalue weighted by Crippen LogP contribution is -1.99. The van der Waals surface area contributed by atoms with E-state index in [-0.39, 0.29) is 0 Å². The van der Waals surface area contributed by atoms with E-state index in [1.54, 1.807) is 5.51 Å². The summed E-state index contributed by atoms with van der Waals surface area (Å²) in [4.78, 5) is 4.13. The molecule has 17 heavy (non-hydrogen) atoms. The van der Waals surface area contributed by atoms with Gasteiger partial charge >= 0.3 is 0 Å². The largest absolute Gasteiger partial charge is 0.382 e. The minimum atomic E-state index is -0.596. The van der Waals surface area contributed by atoms with Crippen LogP contribution in [-0.4, -0.2) is 10.1 Å². The molecule has 0 aliphatic heterocycles. The first-order valence-electron chi connectivity index (χ1n) is 5.96. The average molecular weight is 247 g/mol. The van der Waals surface area contributed by atoms with Crippen LogP contribution >= 0.6 is 11.3 Å². The maximum absolute atomic E-state index is 10.1. The minimum absolute atomic E-state index is 0.596. The van der Waals surface area contributed by atoms with E-state index in [1.165, 1.54) is 29.7 Å². The number of benzene rings is 1. The summed E-state index contributed by atoms with van der Waals surface area (Å²) in [6.07, 6.45) is 2.95. The molecule has 0 bridgehead atoms. The number of aliphatic hydroxyl groups is 1. The highest BCUT2D eigenvalue weighted by atomic mass is 32.1. The van der Waals surface area contributed by atoms with Crippen molar-refractivity contribution in [2.24, 2.45) is 0 Å². The van der Waals surface area contributed by atoms with Crippen molar-refractivity contribution < 1.29 is 5.11 Å². The van der Waals surface area contributed by atoms with Gasteiger partial charge in [0.25, 0.3) is 0 Å². The summed E-state index contributed by atoms with van der Waals surface area (Å²) in [5.41, 5.74) is 4.72. The number of thiazole rings is 1. The number of hydrogen-bond acceptors (Lipinski definition) is 3. The number of aryl methyl sites for hydroxylation is 1. The molecule has 2 rings (SSSR count). The zero-order chi connectivity index (χ0) is 12.1. The van der Waals surface area contributed by atoms with Gasteiger partial charge in [0.05, 0.1) is 11.2 Å². The smallest absolute Gasteiger partial charge is 0.122 e. The van der Waals surface area contributed by atoms with Gasteiger partial charge in [0.1, 0.15) is 6.10 Å². The van der Waals surface area contributed by atoms with Crippen molar-refractivity contribution in [2.75, 3.05) is 0 Å². The van der Waals surface area contributed by atoms with E-state index < -0.39 is 6.10 Å². The topological polar surface area (TPSA) is 33.1 Å². The van der Waals surface area contributed by atoms with Crippen LogP contribution in [0.1, 0.15) is 42.7 Å². The zero-order valence-electron chi connectivity index (χ0n) is 9.97. The molecule has 0 saturated carbocycles. The summed E-state index contributed by atoms with van der Waals surface area (Å²) in [5, 5.41) is 12.0. The Bertz CT molecular complexity index is 436. The summed E-state index contributed by atoms with van der Waals surface area (Å²) in [6, 6.07) is 8.19. The molecule has 1 aromatic carbocycles. The van der Waals surface area contributed by atoms with Crippen LogP contribution in [0.25, 0.3) is 0 Å². The maximum Gasteiger partial charge on any atom is 0.122 e. The molecule has 1 N–H and O–H groups in total. The summed E-state index contributed by atoms with van der Waals surface area (Å²) in [5.74, 6) is 0. The van der Waals surface area contributed by atoms with Gasteiger partial charge < -0.3 is 5.11 Å². The molecule has 1 atom stereocenters. The molecule has 1 aromatic heterocycles. The van der Waals surface area contributed by atoms with E-state index in [4.69, 9.17) is 0 Å². The lowest BCUT2D eigenvalue weighted by Gasteiger charge is -2.09. The van der Waals surface area contributed by atoms with Crippen molar-refractivity contribution in [1.29, 1.82) is 0 Å². The molecule has 0 radical (unpaired) electrons. The van der Waals surface area contributed by atoms with Crippen molar-refractivity contribution in [3.63, 3.8) is 0 Å². The Hall–Kier alpha value is -1.19. The summed E-state index contributed by atoms with van der Waals surface area (Å²) < 4.78 is 0. The fourth-order valence-electron chi connectivity index (χ4n) is 1.78. The maximum atomic E-state index is 10.1. The molecule has 0 aliphatic carbocycles. The normalized spacial score (nSPS) is 12.6. The van der Waals surface area contributed by atoms with Crippen LogP contribution in [0, 0.1) is 0 Å². The quantitative estimate of drug-likeness (QED) is 0.876. The third-order valence-electron chi connectivity index (χ3n) is 2.85. The van der Waals surface area contributed by atoms with Gasteiger partial charge in [-0.1, -0.05) is 37.6 Å². The van der Waals surface area contributed by atoms with Gasteiger partial charge in [0, 0.05) is 5.38 Å². The van der Waals surface area contributed by atoms with Crippen LogP contribution < -0.4 is 0 Å². The second-order valence-corrected chi connectivity index (χ2v) is 4.88. The number of unbranched alkanes of at least 4 members (excludes halogenated alkanes) is 1. The van der Waals surface area contributed by atoms with Gasteiger partial charge in [0.2, 0.25) is 0 Å². The summed E-state index contributed by atoms with van der Waals surface area (Å²) >= 11 is 1.51. The Morgan fingerprint density at radius 2 is 2.06 bits per heavy atom. The SMILES string of the molecule is CCCCc1ccc(C(O)c2cscn2)cc1. The van der Waals surface area contributed by atoms with E-state index in [0.29, 0.717) is 0 Å². The lowest BCUT2D eigenvalue weighted by molar-refractivity contribution is 0.216. The van der Waals surface area contributed by atoms with Crippen molar-refractivity contribution in [3.05, 3.63) is 52.0 Å². The molecule has 0 fully saturated rings. The first kappa shape index (κ1) is 12.3. The highest BCUT2D eigenvalue weighted by Gasteiger charge is 2.11. The molecule has 0 spiro atoms. The van der Waals surface area contributed by atoms with Crippen molar-refractivity contribution in [1.82, 2.24) is 4.98 Å². The lowest BCUT2D eigenvalue weighted by atomic mass is 10.0. The molecule has 2 nitrogen and oxygen atoms in total. The first-order chi connectivity index (χ1) is 8.31. The second kappa shape index (κ2) is 5.94. The van der Waals surface area contributed by atoms with Gasteiger partial charge in [-0.25, -0.2) is 4.98 Å². The van der Waals surface area contributed by atoms with Gasteiger partial charge in [-0.3, -0.25) is 0 Å². The average Bonchev–Trinajstić information content (AvgIpc) is 2.90. The van der Waals surface area contributed by atoms with Gasteiger partial charge in [0.15, 0.2) is 0 Å². The highest BCUT2D eigenvalue weighted by molar-refractivity contribution is 7.07. The fourth-order valence-corrected chi connectivity index (χ4v) is 2.35. The third-order valence-corrected chi connectivity index (χ3v) is 3.45. The Morgan fingerprint density at radius 3 is 2.65 bits per heavy atom. The van der Waals surface area contributed by atoms with Gasteiger partial charge in [-0.2, -0.15) is 0 Å². The molecule has 1 heterocycles. The van der Waals surface area contributed by atoms with Gasteiger partial charge in [-0.15, -0.1) is 11.3 Å². The molecule has 90 valence electrons. The van der Waals surface area contributed by atoms with Crippen molar-refractivity contribution >= 4 is 11.3 Å². The van der Waals surface area contributed by atoms with Crippen LogP contribution in [0.2, 0.25) is 0 Å². The molecule has 3 heteroatoms. The third kappa shape index (κ3) is 3.14. The summed E-state index contributed by atoms with van der Waals surface area (Å²) in [6.45, 7) is 2.19. The standard InChI is InChI=1S/C14H17NOS/c1-2-3-4-11-5-7-12(8-6-11)14(16)13-9-17-10-15-13/h5-10,14,16H,2-4H2,1H3. The van der Waals surface area contributed by atoms with E-state index in [1.807, 2.05) is 17.5 Å². The van der Waals surface area contributed by atoms with Crippen LogP contribution in [-0.2, 0) is 6.42 Å². The minimum Gasteiger partial charge on any atom is -0.382 e. The number of aromatic nitrogens is 1. The number of rotatable bonds is 5. The Balaban J connectivity index is 2.07. The number of aliphatic hydroxyl groups excluding tert-OH is 1. The molecule has 1 unspecified atom stereocenters. The molecule has 0 amide bonds. The Kier molecular flexibility index (Phi) is 4.29. The fraction of sp³-hybridized carbons (Fsp3) is 0.357. The number of nitrogens with zero attached hydrogens (tertiary/aromatic N) is 1. The second-order valence-electron chi connectivity index (χ2n) is 4.16. The Labute approximate surface area is 106 Å². The van der Waals surface area contributed by atoms with E-state index in [0.717, 1.165) is 17.7 Å². The zero-order valence-corrected chi connectivity index (χ0v) is 10.8. The molecule has 0 saturated heterocycles. The van der Waals surface area contributed by atoms with Crippen molar-refractivity contribution in [3.8, 4) is 0 Å². The predicted molar refractivity (Wildman–Crippen MR) is 71.2 cm³/mol. The molecular formula is C14H17NOS. The summed E-state index contributed by atoms with van der Waals surface area (Å²) in [7, 11) is 0. The predicted octanol–water partition coefficient (Wildman–Crippen LogP) is 3.57.